The second-order valence-electron chi connectivity index (χ2n) is 9.95. The predicted molar refractivity (Wildman–Crippen MR) is 167 cm³/mol. The van der Waals surface area contributed by atoms with Crippen molar-refractivity contribution in [2.45, 2.75) is 13.5 Å². The number of hydrogen-bond donors (Lipinski definition) is 2. The lowest BCUT2D eigenvalue weighted by Crippen LogP contribution is -2.21. The molecule has 1 heterocycles. The topological polar surface area (TPSA) is 91.0 Å². The summed E-state index contributed by atoms with van der Waals surface area (Å²) in [7, 11) is 1.09. The molecule has 0 aliphatic carbocycles. The van der Waals surface area contributed by atoms with Crippen molar-refractivity contribution in [3.8, 4) is 11.5 Å². The molecule has 0 bridgehead atoms. The Hall–Kier alpha value is -3.75. The number of amidine groups is 1. The van der Waals surface area contributed by atoms with Gasteiger partial charge >= 0.3 is 0 Å². The molecule has 0 fully saturated rings. The van der Waals surface area contributed by atoms with Gasteiger partial charge in [-0.3, -0.25) is 10.4 Å². The number of nitrogens with zero attached hydrogens (tertiary/aromatic N) is 2. The minimum absolute atomic E-state index is 0.329. The highest BCUT2D eigenvalue weighted by Gasteiger charge is 2.11. The third-order valence-corrected chi connectivity index (χ3v) is 7.15. The molecule has 3 aromatic rings. The molecule has 0 radical (unpaired) electrons. The van der Waals surface area contributed by atoms with Crippen LogP contribution >= 0.6 is 10.0 Å². The van der Waals surface area contributed by atoms with Gasteiger partial charge in [0.15, 0.2) is 11.6 Å². The first-order valence-electron chi connectivity index (χ1n) is 12.6. The Morgan fingerprint density at radius 3 is 2.56 bits per heavy atom. The molecule has 1 aromatic heterocycles. The summed E-state index contributed by atoms with van der Waals surface area (Å²) < 4.78 is 17.2. The smallest absolute Gasteiger partial charge is 0.152 e. The second kappa shape index (κ2) is 14.4. The molecule has 3 N–H and O–H groups in total. The fourth-order valence-corrected chi connectivity index (χ4v) is 4.16. The zero-order valence-corrected chi connectivity index (χ0v) is 24.4. The summed E-state index contributed by atoms with van der Waals surface area (Å²) in [4.78, 5) is 4.56. The van der Waals surface area contributed by atoms with Gasteiger partial charge < -0.3 is 19.9 Å². The molecule has 0 spiro atoms. The highest BCUT2D eigenvalue weighted by atomic mass is 32.3. The lowest BCUT2D eigenvalue weighted by molar-refractivity contribution is 0.132. The SMILES string of the molecule is C=C(C)c1ccnc(/C=C/c2ccc(/C(N)=N/NCOCCS(C)(C)C)cc2)c1OCc1cccc(OC)c1. The standard InChI is InChI=1S/C31H40N4O3S/c1-23(2)28-16-17-33-29(30(28)38-21-25-8-7-9-27(20-25)36-3)15-12-24-10-13-26(14-11-24)31(32)35-34-22-37-18-19-39(4,5)6/h7-17,20,34H,1,18-19,21-22H2,2-6H3,(H2,32,35)/b15-12+. The molecule has 0 unspecified atom stereocenters. The lowest BCUT2D eigenvalue weighted by Gasteiger charge is -2.24. The average Bonchev–Trinajstić information content (AvgIpc) is 2.92. The largest absolute Gasteiger partial charge is 0.497 e. The van der Waals surface area contributed by atoms with E-state index in [-0.39, 0.29) is 0 Å². The van der Waals surface area contributed by atoms with Gasteiger partial charge in [0.2, 0.25) is 0 Å². The highest BCUT2D eigenvalue weighted by Crippen LogP contribution is 2.33. The molecule has 3 rings (SSSR count). The van der Waals surface area contributed by atoms with Gasteiger partial charge in [0.1, 0.15) is 24.8 Å². The van der Waals surface area contributed by atoms with Gasteiger partial charge in [-0.1, -0.05) is 49.1 Å². The molecule has 0 aliphatic heterocycles. The van der Waals surface area contributed by atoms with E-state index in [1.165, 1.54) is 0 Å². The Morgan fingerprint density at radius 1 is 1.10 bits per heavy atom. The molecule has 0 saturated heterocycles. The van der Waals surface area contributed by atoms with E-state index in [0.717, 1.165) is 45.0 Å². The maximum atomic E-state index is 6.25. The quantitative estimate of drug-likeness (QED) is 0.0876. The van der Waals surface area contributed by atoms with Crippen molar-refractivity contribution in [1.82, 2.24) is 10.4 Å². The van der Waals surface area contributed by atoms with E-state index in [0.29, 0.717) is 31.5 Å². The first kappa shape index (κ1) is 29.8. The van der Waals surface area contributed by atoms with Gasteiger partial charge in [0.25, 0.3) is 0 Å². The fourth-order valence-electron chi connectivity index (χ4n) is 3.54. The van der Waals surface area contributed by atoms with Crippen LogP contribution in [0.3, 0.4) is 0 Å². The van der Waals surface area contributed by atoms with Crippen LogP contribution in [0.15, 0.2) is 72.5 Å². The fraction of sp³-hybridized carbons (Fsp3) is 0.290. The summed E-state index contributed by atoms with van der Waals surface area (Å²) in [5, 5.41) is 4.21. The number of ether oxygens (including phenoxy) is 3. The van der Waals surface area contributed by atoms with Gasteiger partial charge in [-0.15, -0.1) is 0 Å². The van der Waals surface area contributed by atoms with E-state index in [9.17, 15) is 0 Å². The number of rotatable bonds is 14. The molecule has 0 atom stereocenters. The number of hydrogen-bond acceptors (Lipinski definition) is 6. The zero-order valence-electron chi connectivity index (χ0n) is 23.6. The van der Waals surface area contributed by atoms with Crippen LogP contribution in [-0.4, -0.2) is 55.8 Å². The number of hydrazone groups is 1. The van der Waals surface area contributed by atoms with Gasteiger partial charge in [-0.25, -0.2) is 10.0 Å². The highest BCUT2D eigenvalue weighted by molar-refractivity contribution is 8.32. The van der Waals surface area contributed by atoms with Crippen LogP contribution in [0.5, 0.6) is 11.5 Å². The maximum absolute atomic E-state index is 6.25. The normalized spacial score (nSPS) is 12.4. The number of methoxy groups -OCH3 is 1. The molecule has 7 nitrogen and oxygen atoms in total. The van der Waals surface area contributed by atoms with Crippen LogP contribution in [0.1, 0.15) is 34.9 Å². The molecular weight excluding hydrogens is 508 g/mol. The number of pyridine rings is 1. The Balaban J connectivity index is 1.66. The van der Waals surface area contributed by atoms with E-state index in [1.54, 1.807) is 13.3 Å². The number of nitrogens with two attached hydrogens (primary N) is 1. The van der Waals surface area contributed by atoms with Crippen LogP contribution in [0, 0.1) is 0 Å². The van der Waals surface area contributed by atoms with Crippen molar-refractivity contribution in [3.63, 3.8) is 0 Å². The molecular formula is C31H40N4O3S. The minimum Gasteiger partial charge on any atom is -0.497 e. The molecule has 0 aliphatic rings. The molecule has 0 saturated carbocycles. The summed E-state index contributed by atoms with van der Waals surface area (Å²) in [6, 6.07) is 17.6. The van der Waals surface area contributed by atoms with Crippen LogP contribution in [0.25, 0.3) is 17.7 Å². The van der Waals surface area contributed by atoms with Crippen molar-refractivity contribution in [1.29, 1.82) is 0 Å². The van der Waals surface area contributed by atoms with E-state index < -0.39 is 10.0 Å². The van der Waals surface area contributed by atoms with Gasteiger partial charge in [0, 0.05) is 23.1 Å². The number of allylic oxidation sites excluding steroid dienone is 1. The third-order valence-electron chi connectivity index (χ3n) is 5.76. The number of aromatic nitrogens is 1. The van der Waals surface area contributed by atoms with Gasteiger partial charge in [-0.05, 0) is 66.7 Å². The Morgan fingerprint density at radius 2 is 1.87 bits per heavy atom. The summed E-state index contributed by atoms with van der Waals surface area (Å²) in [5.74, 6) is 2.94. The van der Waals surface area contributed by atoms with Crippen LogP contribution in [0.4, 0.5) is 0 Å². The van der Waals surface area contributed by atoms with Crippen molar-refractivity contribution in [2.75, 3.05) is 45.0 Å². The molecule has 2 aromatic carbocycles. The number of nitrogens with one attached hydrogen (secondary N) is 1. The summed E-state index contributed by atoms with van der Waals surface area (Å²) in [6.07, 6.45) is 12.5. The Labute approximate surface area is 234 Å². The van der Waals surface area contributed by atoms with E-state index in [4.69, 9.17) is 19.9 Å². The summed E-state index contributed by atoms with van der Waals surface area (Å²) in [6.45, 7) is 7.49. The zero-order chi connectivity index (χ0) is 28.3. The van der Waals surface area contributed by atoms with Crippen LogP contribution < -0.4 is 20.6 Å². The average molecular weight is 549 g/mol. The summed E-state index contributed by atoms with van der Waals surface area (Å²) >= 11 is 0. The minimum atomic E-state index is -0.561. The monoisotopic (exact) mass is 548 g/mol. The molecule has 8 heteroatoms. The molecule has 208 valence electrons. The Kier molecular flexibility index (Phi) is 11.0. The Bertz CT molecular complexity index is 1300. The van der Waals surface area contributed by atoms with Crippen LogP contribution in [-0.2, 0) is 11.3 Å². The van der Waals surface area contributed by atoms with E-state index in [1.807, 2.05) is 73.7 Å². The maximum Gasteiger partial charge on any atom is 0.152 e. The lowest BCUT2D eigenvalue weighted by atomic mass is 10.1. The first-order valence-corrected chi connectivity index (χ1v) is 15.7. The van der Waals surface area contributed by atoms with Crippen molar-refractivity contribution in [2.24, 2.45) is 10.8 Å². The van der Waals surface area contributed by atoms with Gasteiger partial charge in [0.05, 0.1) is 13.7 Å². The van der Waals surface area contributed by atoms with E-state index in [2.05, 4.69) is 40.9 Å². The second-order valence-corrected chi connectivity index (χ2v) is 14.5. The summed E-state index contributed by atoms with van der Waals surface area (Å²) in [5.41, 5.74) is 14.4. The van der Waals surface area contributed by atoms with Crippen molar-refractivity contribution < 1.29 is 14.2 Å². The molecule has 0 amide bonds. The van der Waals surface area contributed by atoms with Gasteiger partial charge in [-0.2, -0.15) is 5.10 Å². The van der Waals surface area contributed by atoms with Crippen LogP contribution in [0.2, 0.25) is 0 Å². The molecule has 39 heavy (non-hydrogen) atoms. The third kappa shape index (κ3) is 9.81. The number of benzene rings is 2. The van der Waals surface area contributed by atoms with E-state index >= 15 is 0 Å². The predicted octanol–water partition coefficient (Wildman–Crippen LogP) is 5.75. The van der Waals surface area contributed by atoms with Crippen molar-refractivity contribution >= 4 is 33.6 Å². The van der Waals surface area contributed by atoms with Crippen molar-refractivity contribution in [3.05, 3.63) is 95.3 Å². The first-order chi connectivity index (χ1) is 18.7.